The Morgan fingerprint density at radius 1 is 1.42 bits per heavy atom. The van der Waals surface area contributed by atoms with Crippen molar-refractivity contribution in [3.05, 3.63) is 44.6 Å². The smallest absolute Gasteiger partial charge is 0.259 e. The fraction of sp³-hybridized carbons (Fsp3) is 0.214. The summed E-state index contributed by atoms with van der Waals surface area (Å²) >= 11 is 4.86. The number of nitrogens with zero attached hydrogens (tertiary/aromatic N) is 1. The molecule has 3 rings (SSSR count). The SMILES string of the molecule is O=C(c1csc(Br)c1)N1CCCc2cccc(O)c21. The van der Waals surface area contributed by atoms with E-state index in [-0.39, 0.29) is 11.7 Å². The first-order valence-corrected chi connectivity index (χ1v) is 7.71. The lowest BCUT2D eigenvalue weighted by Crippen LogP contribution is -2.35. The van der Waals surface area contributed by atoms with Crippen molar-refractivity contribution in [3.8, 4) is 5.75 Å². The molecule has 0 atom stereocenters. The first-order valence-electron chi connectivity index (χ1n) is 6.03. The number of fused-ring (bicyclic) bond motifs is 1. The maximum absolute atomic E-state index is 12.5. The highest BCUT2D eigenvalue weighted by molar-refractivity contribution is 9.11. The summed E-state index contributed by atoms with van der Waals surface area (Å²) in [4.78, 5) is 14.2. The molecule has 0 saturated heterocycles. The van der Waals surface area contributed by atoms with Gasteiger partial charge in [-0.15, -0.1) is 11.3 Å². The van der Waals surface area contributed by atoms with Crippen LogP contribution in [0.15, 0.2) is 33.4 Å². The molecule has 3 nitrogen and oxygen atoms in total. The number of amides is 1. The van der Waals surface area contributed by atoms with E-state index in [1.807, 2.05) is 23.6 Å². The molecule has 1 aromatic heterocycles. The van der Waals surface area contributed by atoms with Crippen LogP contribution < -0.4 is 4.90 Å². The van der Waals surface area contributed by atoms with Gasteiger partial charge < -0.3 is 10.0 Å². The molecule has 0 aliphatic carbocycles. The van der Waals surface area contributed by atoms with Gasteiger partial charge >= 0.3 is 0 Å². The van der Waals surface area contributed by atoms with Crippen LogP contribution in [-0.4, -0.2) is 17.6 Å². The van der Waals surface area contributed by atoms with Crippen molar-refractivity contribution >= 4 is 38.9 Å². The second-order valence-electron chi connectivity index (χ2n) is 4.48. The fourth-order valence-corrected chi connectivity index (χ4v) is 3.54. The van der Waals surface area contributed by atoms with Crippen LogP contribution in [0.2, 0.25) is 0 Å². The third kappa shape index (κ3) is 2.28. The number of carbonyl (C=O) groups excluding carboxylic acids is 1. The molecule has 0 saturated carbocycles. The zero-order valence-corrected chi connectivity index (χ0v) is 12.5. The molecule has 0 unspecified atom stereocenters. The average molecular weight is 338 g/mol. The third-order valence-corrected chi connectivity index (χ3v) is 4.76. The largest absolute Gasteiger partial charge is 0.506 e. The Hall–Kier alpha value is -1.33. The molecular formula is C14H12BrNO2S. The van der Waals surface area contributed by atoms with Gasteiger partial charge in [0.15, 0.2) is 0 Å². The van der Waals surface area contributed by atoms with Crippen molar-refractivity contribution < 1.29 is 9.90 Å². The number of thiophene rings is 1. The van der Waals surface area contributed by atoms with E-state index < -0.39 is 0 Å². The van der Waals surface area contributed by atoms with Gasteiger partial charge in [0.25, 0.3) is 5.91 Å². The number of aromatic hydroxyl groups is 1. The first kappa shape index (κ1) is 12.7. The lowest BCUT2D eigenvalue weighted by atomic mass is 10.0. The number of carbonyl (C=O) groups is 1. The predicted octanol–water partition coefficient (Wildman–Crippen LogP) is 3.81. The number of hydrogen-bond donors (Lipinski definition) is 1. The molecule has 1 aliphatic heterocycles. The van der Waals surface area contributed by atoms with Crippen LogP contribution in [0.1, 0.15) is 22.3 Å². The number of rotatable bonds is 1. The molecule has 98 valence electrons. The number of halogens is 1. The van der Waals surface area contributed by atoms with Crippen LogP contribution >= 0.6 is 27.3 Å². The van der Waals surface area contributed by atoms with Gasteiger partial charge in [-0.1, -0.05) is 12.1 Å². The van der Waals surface area contributed by atoms with E-state index >= 15 is 0 Å². The lowest BCUT2D eigenvalue weighted by molar-refractivity contribution is 0.0984. The fourth-order valence-electron chi connectivity index (χ4n) is 2.41. The molecule has 2 aromatic rings. The van der Waals surface area contributed by atoms with Gasteiger partial charge in [0, 0.05) is 11.9 Å². The number of anilines is 1. The molecule has 1 aliphatic rings. The number of aryl methyl sites for hydroxylation is 1. The number of para-hydroxylation sites is 1. The quantitative estimate of drug-likeness (QED) is 0.859. The minimum Gasteiger partial charge on any atom is -0.506 e. The first-order chi connectivity index (χ1) is 9.16. The molecule has 19 heavy (non-hydrogen) atoms. The van der Waals surface area contributed by atoms with Gasteiger partial charge in [0.1, 0.15) is 5.75 Å². The van der Waals surface area contributed by atoms with Crippen LogP contribution in [0.3, 0.4) is 0 Å². The molecule has 0 fully saturated rings. The Bertz CT molecular complexity index is 638. The molecule has 0 bridgehead atoms. The number of phenolic OH excluding ortho intramolecular Hbond substituents is 1. The average Bonchev–Trinajstić information content (AvgIpc) is 2.84. The van der Waals surface area contributed by atoms with Crippen molar-refractivity contribution in [2.75, 3.05) is 11.4 Å². The molecule has 2 heterocycles. The van der Waals surface area contributed by atoms with E-state index in [2.05, 4.69) is 15.9 Å². The summed E-state index contributed by atoms with van der Waals surface area (Å²) in [6, 6.07) is 7.25. The highest BCUT2D eigenvalue weighted by Crippen LogP contribution is 2.36. The second kappa shape index (κ2) is 4.98. The highest BCUT2D eigenvalue weighted by Gasteiger charge is 2.26. The van der Waals surface area contributed by atoms with E-state index in [9.17, 15) is 9.90 Å². The molecule has 0 radical (unpaired) electrons. The monoisotopic (exact) mass is 337 g/mol. The minimum atomic E-state index is -0.0515. The number of hydrogen-bond acceptors (Lipinski definition) is 3. The Morgan fingerprint density at radius 2 is 2.26 bits per heavy atom. The molecule has 5 heteroatoms. The summed E-state index contributed by atoms with van der Waals surface area (Å²) in [5.74, 6) is 0.129. The standard InChI is InChI=1S/C14H12BrNO2S/c15-12-7-10(8-19-12)14(18)16-6-2-4-9-3-1-5-11(17)13(9)16/h1,3,5,7-8,17H,2,4,6H2. The predicted molar refractivity (Wildman–Crippen MR) is 80.1 cm³/mol. The zero-order valence-electron chi connectivity index (χ0n) is 10.1. The maximum atomic E-state index is 12.5. The van der Waals surface area contributed by atoms with E-state index in [1.165, 1.54) is 11.3 Å². The Kier molecular flexibility index (Phi) is 3.33. The van der Waals surface area contributed by atoms with E-state index in [4.69, 9.17) is 0 Å². The van der Waals surface area contributed by atoms with Crippen molar-refractivity contribution in [2.24, 2.45) is 0 Å². The topological polar surface area (TPSA) is 40.5 Å². The molecule has 1 N–H and O–H groups in total. The van der Waals surface area contributed by atoms with Crippen molar-refractivity contribution in [1.29, 1.82) is 0 Å². The maximum Gasteiger partial charge on any atom is 0.259 e. The summed E-state index contributed by atoms with van der Waals surface area (Å²) in [5.41, 5.74) is 2.36. The molecule has 0 spiro atoms. The van der Waals surface area contributed by atoms with Crippen molar-refractivity contribution in [2.45, 2.75) is 12.8 Å². The van der Waals surface area contributed by atoms with Gasteiger partial charge in [-0.05, 0) is 46.5 Å². The van der Waals surface area contributed by atoms with Gasteiger partial charge in [0.05, 0.1) is 15.0 Å². The van der Waals surface area contributed by atoms with Crippen molar-refractivity contribution in [3.63, 3.8) is 0 Å². The van der Waals surface area contributed by atoms with E-state index in [0.717, 1.165) is 22.2 Å². The van der Waals surface area contributed by atoms with E-state index in [1.54, 1.807) is 11.0 Å². The Labute approximate surface area is 123 Å². The van der Waals surface area contributed by atoms with E-state index in [0.29, 0.717) is 17.8 Å². The zero-order chi connectivity index (χ0) is 13.4. The summed E-state index contributed by atoms with van der Waals surface area (Å²) in [7, 11) is 0. The summed E-state index contributed by atoms with van der Waals surface area (Å²) in [6.45, 7) is 0.650. The lowest BCUT2D eigenvalue weighted by Gasteiger charge is -2.29. The Balaban J connectivity index is 2.02. The highest BCUT2D eigenvalue weighted by atomic mass is 79.9. The van der Waals surface area contributed by atoms with Gasteiger partial charge in [-0.2, -0.15) is 0 Å². The Morgan fingerprint density at radius 3 is 3.00 bits per heavy atom. The van der Waals surface area contributed by atoms with Crippen LogP contribution in [0.25, 0.3) is 0 Å². The van der Waals surface area contributed by atoms with Crippen LogP contribution in [0, 0.1) is 0 Å². The van der Waals surface area contributed by atoms with Crippen LogP contribution in [-0.2, 0) is 6.42 Å². The van der Waals surface area contributed by atoms with Crippen LogP contribution in [0.5, 0.6) is 5.75 Å². The normalized spacial score (nSPS) is 14.3. The summed E-state index contributed by atoms with van der Waals surface area (Å²) < 4.78 is 0.936. The molecule has 1 aromatic carbocycles. The van der Waals surface area contributed by atoms with Gasteiger partial charge in [0.2, 0.25) is 0 Å². The summed E-state index contributed by atoms with van der Waals surface area (Å²) in [5, 5.41) is 11.9. The van der Waals surface area contributed by atoms with Crippen molar-refractivity contribution in [1.82, 2.24) is 0 Å². The second-order valence-corrected chi connectivity index (χ2v) is 6.78. The van der Waals surface area contributed by atoms with Gasteiger partial charge in [-0.3, -0.25) is 4.79 Å². The third-order valence-electron chi connectivity index (χ3n) is 3.26. The van der Waals surface area contributed by atoms with Gasteiger partial charge in [-0.25, -0.2) is 0 Å². The van der Waals surface area contributed by atoms with Crippen LogP contribution in [0.4, 0.5) is 5.69 Å². The number of phenols is 1. The number of benzene rings is 1. The summed E-state index contributed by atoms with van der Waals surface area (Å²) in [6.07, 6.45) is 1.83. The minimum absolute atomic E-state index is 0.0515. The molecular weight excluding hydrogens is 326 g/mol. The molecule has 1 amide bonds.